The zero-order valence-corrected chi connectivity index (χ0v) is 19.1. The van der Waals surface area contributed by atoms with Gasteiger partial charge < -0.3 is 20.3 Å². The lowest BCUT2D eigenvalue weighted by Gasteiger charge is -2.37. The second-order valence-electron chi connectivity index (χ2n) is 7.33. The van der Waals surface area contributed by atoms with Crippen LogP contribution in [-0.4, -0.2) is 74.5 Å². The Balaban J connectivity index is 0.00000256. The highest BCUT2D eigenvalue weighted by atomic mass is 35.5. The number of benzene rings is 1. The molecule has 162 valence electrons. The smallest absolute Gasteiger partial charge is 0.324 e. The summed E-state index contributed by atoms with van der Waals surface area (Å²) in [5.41, 5.74) is 3.17. The number of halogens is 1. The number of methoxy groups -OCH3 is 1. The lowest BCUT2D eigenvalue weighted by atomic mass is 10.2. The Hall–Kier alpha value is -2.13. The normalized spacial score (nSPS) is 16.9. The Morgan fingerprint density at radius 2 is 2.03 bits per heavy atom. The Morgan fingerprint density at radius 3 is 2.73 bits per heavy atom. The quantitative estimate of drug-likeness (QED) is 0.699. The standard InChI is InChI=1S/C21H27N5O2S.ClH/c1-14-12-15-19(23-16-6-4-5-7-17(16)24-20(15)29-14)26-10-8-25(9-11-26)13-18(22-2)21(27)28-3;/h4-7,12,18,22,24H,8-11,13H2,1-3H3;1H. The first-order valence-electron chi connectivity index (χ1n) is 9.87. The molecule has 2 aliphatic rings. The zero-order valence-electron chi connectivity index (χ0n) is 17.5. The van der Waals surface area contributed by atoms with Gasteiger partial charge >= 0.3 is 5.97 Å². The maximum atomic E-state index is 11.9. The molecule has 1 atom stereocenters. The van der Waals surface area contributed by atoms with Gasteiger partial charge in [-0.05, 0) is 32.2 Å². The van der Waals surface area contributed by atoms with Crippen LogP contribution in [0.15, 0.2) is 35.3 Å². The molecule has 1 unspecified atom stereocenters. The van der Waals surface area contributed by atoms with Gasteiger partial charge in [-0.15, -0.1) is 23.7 Å². The van der Waals surface area contributed by atoms with Crippen molar-refractivity contribution in [1.29, 1.82) is 0 Å². The summed E-state index contributed by atoms with van der Waals surface area (Å²) in [5.74, 6) is 0.809. The van der Waals surface area contributed by atoms with Crippen molar-refractivity contribution in [3.63, 3.8) is 0 Å². The molecule has 2 N–H and O–H groups in total. The van der Waals surface area contributed by atoms with Gasteiger partial charge in [0.15, 0.2) is 0 Å². The van der Waals surface area contributed by atoms with Gasteiger partial charge in [0, 0.05) is 37.6 Å². The summed E-state index contributed by atoms with van der Waals surface area (Å²) in [6, 6.07) is 10.1. The Labute approximate surface area is 187 Å². The van der Waals surface area contributed by atoms with E-state index in [2.05, 4.69) is 45.6 Å². The fourth-order valence-corrected chi connectivity index (χ4v) is 4.73. The third kappa shape index (κ3) is 4.62. The Kier molecular flexibility index (Phi) is 7.36. The zero-order chi connectivity index (χ0) is 20.4. The van der Waals surface area contributed by atoms with Crippen molar-refractivity contribution in [2.45, 2.75) is 13.0 Å². The molecule has 2 aliphatic heterocycles. The first-order valence-corrected chi connectivity index (χ1v) is 10.7. The van der Waals surface area contributed by atoms with Crippen LogP contribution >= 0.6 is 23.7 Å². The number of anilines is 2. The fourth-order valence-electron chi connectivity index (χ4n) is 3.81. The number of nitrogens with zero attached hydrogens (tertiary/aromatic N) is 3. The predicted octanol–water partition coefficient (Wildman–Crippen LogP) is 2.99. The number of thiophene rings is 1. The average Bonchev–Trinajstić information content (AvgIpc) is 3.03. The van der Waals surface area contributed by atoms with E-state index in [1.54, 1.807) is 18.4 Å². The molecule has 0 bridgehead atoms. The summed E-state index contributed by atoms with van der Waals surface area (Å²) in [4.78, 5) is 22.8. The number of rotatable bonds is 4. The highest BCUT2D eigenvalue weighted by Gasteiger charge is 2.28. The number of hydrogen-bond acceptors (Lipinski definition) is 8. The van der Waals surface area contributed by atoms with Crippen LogP contribution in [0.5, 0.6) is 0 Å². The van der Waals surface area contributed by atoms with Crippen molar-refractivity contribution in [3.05, 3.63) is 40.8 Å². The monoisotopic (exact) mass is 449 g/mol. The number of amidine groups is 1. The van der Waals surface area contributed by atoms with Crippen LogP contribution in [0.4, 0.5) is 16.4 Å². The molecular formula is C21H28ClN5O2S. The van der Waals surface area contributed by atoms with Crippen molar-refractivity contribution >= 4 is 51.9 Å². The van der Waals surface area contributed by atoms with Crippen LogP contribution in [0.2, 0.25) is 0 Å². The molecule has 3 heterocycles. The largest absolute Gasteiger partial charge is 0.468 e. The van der Waals surface area contributed by atoms with Gasteiger partial charge in [0.2, 0.25) is 0 Å². The van der Waals surface area contributed by atoms with Crippen LogP contribution in [0.1, 0.15) is 10.4 Å². The number of ether oxygens (including phenoxy) is 1. The third-order valence-electron chi connectivity index (χ3n) is 5.42. The van der Waals surface area contributed by atoms with E-state index in [4.69, 9.17) is 9.73 Å². The summed E-state index contributed by atoms with van der Waals surface area (Å²) in [7, 11) is 3.23. The average molecular weight is 450 g/mol. The number of carbonyl (C=O) groups excluding carboxylic acids is 1. The molecule has 0 spiro atoms. The van der Waals surface area contributed by atoms with Crippen LogP contribution in [0, 0.1) is 6.92 Å². The summed E-state index contributed by atoms with van der Waals surface area (Å²) in [6.45, 7) is 6.27. The van der Waals surface area contributed by atoms with Gasteiger partial charge in [-0.2, -0.15) is 0 Å². The minimum atomic E-state index is -0.302. The number of esters is 1. The lowest BCUT2D eigenvalue weighted by Crippen LogP contribution is -2.53. The van der Waals surface area contributed by atoms with E-state index in [0.29, 0.717) is 6.54 Å². The number of aliphatic imine (C=N–C) groups is 1. The molecule has 9 heteroatoms. The van der Waals surface area contributed by atoms with Gasteiger partial charge in [-0.3, -0.25) is 9.69 Å². The van der Waals surface area contributed by atoms with E-state index in [9.17, 15) is 4.79 Å². The molecule has 2 aromatic rings. The van der Waals surface area contributed by atoms with E-state index in [1.807, 2.05) is 12.1 Å². The molecule has 1 fully saturated rings. The molecule has 7 nitrogen and oxygen atoms in total. The van der Waals surface area contributed by atoms with Crippen molar-refractivity contribution in [3.8, 4) is 0 Å². The van der Waals surface area contributed by atoms with Crippen molar-refractivity contribution in [2.24, 2.45) is 4.99 Å². The summed E-state index contributed by atoms with van der Waals surface area (Å²) in [6.07, 6.45) is 0. The maximum Gasteiger partial charge on any atom is 0.324 e. The molecule has 0 saturated carbocycles. The minimum absolute atomic E-state index is 0. The van der Waals surface area contributed by atoms with Crippen LogP contribution in [0.3, 0.4) is 0 Å². The number of aryl methyl sites for hydroxylation is 1. The van der Waals surface area contributed by atoms with E-state index in [0.717, 1.165) is 48.4 Å². The molecule has 1 saturated heterocycles. The Morgan fingerprint density at radius 1 is 1.30 bits per heavy atom. The minimum Gasteiger partial charge on any atom is -0.468 e. The second-order valence-corrected chi connectivity index (χ2v) is 8.59. The summed E-state index contributed by atoms with van der Waals surface area (Å²) < 4.78 is 4.89. The number of carbonyl (C=O) groups is 1. The van der Waals surface area contributed by atoms with Gasteiger partial charge in [0.05, 0.1) is 24.0 Å². The van der Waals surface area contributed by atoms with E-state index in [-0.39, 0.29) is 24.4 Å². The van der Waals surface area contributed by atoms with Crippen LogP contribution in [-0.2, 0) is 9.53 Å². The predicted molar refractivity (Wildman–Crippen MR) is 125 cm³/mol. The highest BCUT2D eigenvalue weighted by Crippen LogP contribution is 2.39. The third-order valence-corrected chi connectivity index (χ3v) is 6.39. The fraction of sp³-hybridized carbons (Fsp3) is 0.429. The number of likely N-dealkylation sites (N-methyl/N-ethyl adjacent to an activating group) is 1. The number of para-hydroxylation sites is 2. The number of piperazine rings is 1. The molecule has 0 aliphatic carbocycles. The SMILES string of the molecule is CNC(CN1CCN(C2=Nc3ccccc3Nc3sc(C)cc32)CC1)C(=O)OC.Cl. The molecule has 1 aromatic carbocycles. The van der Waals surface area contributed by atoms with E-state index in [1.165, 1.54) is 17.6 Å². The molecule has 4 rings (SSSR count). The lowest BCUT2D eigenvalue weighted by molar-refractivity contribution is -0.143. The number of hydrogen-bond donors (Lipinski definition) is 2. The van der Waals surface area contributed by atoms with Crippen molar-refractivity contribution in [1.82, 2.24) is 15.1 Å². The van der Waals surface area contributed by atoms with Crippen molar-refractivity contribution in [2.75, 3.05) is 52.2 Å². The van der Waals surface area contributed by atoms with Crippen LogP contribution in [0.25, 0.3) is 0 Å². The summed E-state index contributed by atoms with van der Waals surface area (Å²) >= 11 is 1.76. The molecule has 0 amide bonds. The first-order chi connectivity index (χ1) is 14.1. The van der Waals surface area contributed by atoms with E-state index < -0.39 is 0 Å². The molecule has 30 heavy (non-hydrogen) atoms. The first kappa shape index (κ1) is 22.6. The maximum absolute atomic E-state index is 11.9. The van der Waals surface area contributed by atoms with Gasteiger partial charge in [0.1, 0.15) is 16.9 Å². The molecular weight excluding hydrogens is 422 g/mol. The van der Waals surface area contributed by atoms with Gasteiger partial charge in [-0.25, -0.2) is 4.99 Å². The van der Waals surface area contributed by atoms with E-state index >= 15 is 0 Å². The molecule has 1 aromatic heterocycles. The topological polar surface area (TPSA) is 69.2 Å². The number of nitrogens with one attached hydrogen (secondary N) is 2. The molecule has 0 radical (unpaired) electrons. The van der Waals surface area contributed by atoms with Crippen LogP contribution < -0.4 is 10.6 Å². The second kappa shape index (κ2) is 9.78. The highest BCUT2D eigenvalue weighted by molar-refractivity contribution is 7.16. The van der Waals surface area contributed by atoms with Crippen molar-refractivity contribution < 1.29 is 9.53 Å². The summed E-state index contributed by atoms with van der Waals surface area (Å²) in [5, 5.41) is 7.76. The van der Waals surface area contributed by atoms with Gasteiger partial charge in [-0.1, -0.05) is 12.1 Å². The van der Waals surface area contributed by atoms with Gasteiger partial charge in [0.25, 0.3) is 0 Å². The Bertz CT molecular complexity index is 924. The number of fused-ring (bicyclic) bond motifs is 2.